The number of hydrogen-bond acceptors (Lipinski definition) is 5. The summed E-state index contributed by atoms with van der Waals surface area (Å²) in [5, 5.41) is 0. The summed E-state index contributed by atoms with van der Waals surface area (Å²) in [6.45, 7) is 3.23. The molecule has 7 heteroatoms. The van der Waals surface area contributed by atoms with Gasteiger partial charge in [-0.25, -0.2) is 0 Å². The molecule has 3 rings (SSSR count). The quantitative estimate of drug-likeness (QED) is 0.764. The normalized spacial score (nSPS) is 14.2. The van der Waals surface area contributed by atoms with Crippen molar-refractivity contribution in [2.75, 3.05) is 32.8 Å². The van der Waals surface area contributed by atoms with Crippen molar-refractivity contribution in [3.8, 4) is 5.75 Å². The van der Waals surface area contributed by atoms with Crippen molar-refractivity contribution in [2.24, 2.45) is 0 Å². The largest absolute Gasteiger partial charge is 0.484 e. The van der Waals surface area contributed by atoms with Gasteiger partial charge in [-0.1, -0.05) is 12.1 Å². The molecular formula is C19H20N2O5. The number of piperazine rings is 1. The monoisotopic (exact) mass is 356 g/mol. The number of carbonyl (C=O) groups excluding carboxylic acids is 3. The number of ether oxygens (including phenoxy) is 1. The number of hydrogen-bond donors (Lipinski definition) is 0. The molecule has 0 spiro atoms. The lowest BCUT2D eigenvalue weighted by Gasteiger charge is -2.34. The van der Waals surface area contributed by atoms with E-state index >= 15 is 0 Å². The summed E-state index contributed by atoms with van der Waals surface area (Å²) in [5.74, 6) is 0.191. The molecule has 0 saturated carbocycles. The predicted molar refractivity (Wildman–Crippen MR) is 93.1 cm³/mol. The van der Waals surface area contributed by atoms with Crippen LogP contribution in [-0.2, 0) is 4.79 Å². The Hall–Kier alpha value is -3.09. The maximum absolute atomic E-state index is 12.3. The van der Waals surface area contributed by atoms with Crippen LogP contribution in [-0.4, -0.2) is 60.2 Å². The lowest BCUT2D eigenvalue weighted by molar-refractivity contribution is -0.134. The molecule has 0 unspecified atom stereocenters. The summed E-state index contributed by atoms with van der Waals surface area (Å²) in [5.41, 5.74) is 1.06. The van der Waals surface area contributed by atoms with Gasteiger partial charge in [0.2, 0.25) is 0 Å². The third-order valence-electron chi connectivity index (χ3n) is 4.29. The van der Waals surface area contributed by atoms with Gasteiger partial charge in [0.25, 0.3) is 11.8 Å². The number of furan rings is 1. The van der Waals surface area contributed by atoms with E-state index in [0.717, 1.165) is 0 Å². The van der Waals surface area contributed by atoms with Gasteiger partial charge in [0.1, 0.15) is 12.0 Å². The van der Waals surface area contributed by atoms with Crippen LogP contribution < -0.4 is 4.74 Å². The molecule has 26 heavy (non-hydrogen) atoms. The highest BCUT2D eigenvalue weighted by molar-refractivity contribution is 5.94. The zero-order valence-electron chi connectivity index (χ0n) is 14.5. The van der Waals surface area contributed by atoms with Crippen LogP contribution in [0, 0.1) is 0 Å². The highest BCUT2D eigenvalue weighted by Gasteiger charge is 2.25. The topological polar surface area (TPSA) is 80.1 Å². The van der Waals surface area contributed by atoms with Crippen molar-refractivity contribution in [3.63, 3.8) is 0 Å². The minimum atomic E-state index is -0.145. The number of benzene rings is 1. The fourth-order valence-electron chi connectivity index (χ4n) is 2.77. The zero-order valence-corrected chi connectivity index (χ0v) is 14.5. The number of nitrogens with zero attached hydrogens (tertiary/aromatic N) is 2. The Balaban J connectivity index is 1.49. The molecule has 2 aromatic rings. The summed E-state index contributed by atoms with van der Waals surface area (Å²) in [6, 6.07) is 8.38. The Kier molecular flexibility index (Phi) is 5.36. The van der Waals surface area contributed by atoms with E-state index in [2.05, 4.69) is 0 Å². The van der Waals surface area contributed by atoms with Gasteiger partial charge >= 0.3 is 0 Å². The van der Waals surface area contributed by atoms with Crippen LogP contribution in [0.5, 0.6) is 5.75 Å². The lowest BCUT2D eigenvalue weighted by atomic mass is 10.1. The first kappa shape index (κ1) is 17.7. The van der Waals surface area contributed by atoms with E-state index in [4.69, 9.17) is 9.15 Å². The van der Waals surface area contributed by atoms with E-state index in [1.54, 1.807) is 40.1 Å². The highest BCUT2D eigenvalue weighted by Crippen LogP contribution is 2.14. The second-order valence-electron chi connectivity index (χ2n) is 6.06. The Morgan fingerprint density at radius 2 is 1.77 bits per heavy atom. The van der Waals surface area contributed by atoms with Gasteiger partial charge in [-0.3, -0.25) is 14.4 Å². The maximum Gasteiger partial charge on any atom is 0.260 e. The summed E-state index contributed by atoms with van der Waals surface area (Å²) in [7, 11) is 0. The van der Waals surface area contributed by atoms with Crippen LogP contribution in [0.1, 0.15) is 27.6 Å². The van der Waals surface area contributed by atoms with E-state index in [1.807, 2.05) is 0 Å². The van der Waals surface area contributed by atoms with Crippen molar-refractivity contribution in [2.45, 2.75) is 6.92 Å². The molecule has 2 amide bonds. The fraction of sp³-hybridized carbons (Fsp3) is 0.316. The molecule has 2 heterocycles. The molecule has 0 aliphatic carbocycles. The number of carbonyl (C=O) groups is 3. The van der Waals surface area contributed by atoms with Crippen LogP contribution in [0.25, 0.3) is 0 Å². The summed E-state index contributed by atoms with van der Waals surface area (Å²) < 4.78 is 10.4. The predicted octanol–water partition coefficient (Wildman–Crippen LogP) is 1.85. The number of rotatable bonds is 5. The molecule has 1 aromatic carbocycles. The van der Waals surface area contributed by atoms with Crippen molar-refractivity contribution in [3.05, 3.63) is 54.0 Å². The molecule has 7 nitrogen and oxygen atoms in total. The summed E-state index contributed by atoms with van der Waals surface area (Å²) >= 11 is 0. The molecule has 1 aliphatic rings. The number of Topliss-reactive ketones (excluding diaryl/α,β-unsaturated/α-hetero) is 1. The standard InChI is InChI=1S/C19H20N2O5/c1-14(22)15-3-2-4-17(11-15)26-13-18(23)20-6-8-21(9-7-20)19(24)16-5-10-25-12-16/h2-5,10-12H,6-9,13H2,1H3. The van der Waals surface area contributed by atoms with Crippen molar-refractivity contribution in [1.29, 1.82) is 0 Å². The zero-order chi connectivity index (χ0) is 18.5. The Morgan fingerprint density at radius 3 is 2.42 bits per heavy atom. The highest BCUT2D eigenvalue weighted by atomic mass is 16.5. The van der Waals surface area contributed by atoms with E-state index in [0.29, 0.717) is 43.1 Å². The van der Waals surface area contributed by atoms with Gasteiger partial charge in [0.05, 0.1) is 11.8 Å². The van der Waals surface area contributed by atoms with Gasteiger partial charge in [-0.05, 0) is 25.1 Å². The SMILES string of the molecule is CC(=O)c1cccc(OCC(=O)N2CCN(C(=O)c3ccoc3)CC2)c1. The molecule has 0 radical (unpaired) electrons. The molecular weight excluding hydrogens is 336 g/mol. The minimum absolute atomic E-state index is 0.0554. The van der Waals surface area contributed by atoms with Crippen molar-refractivity contribution >= 4 is 17.6 Å². The first-order valence-electron chi connectivity index (χ1n) is 8.37. The molecule has 0 bridgehead atoms. The van der Waals surface area contributed by atoms with E-state index < -0.39 is 0 Å². The fourth-order valence-corrected chi connectivity index (χ4v) is 2.77. The average Bonchev–Trinajstić information content (AvgIpc) is 3.20. The van der Waals surface area contributed by atoms with Crippen LogP contribution >= 0.6 is 0 Å². The molecule has 1 saturated heterocycles. The van der Waals surface area contributed by atoms with Crippen LogP contribution in [0.4, 0.5) is 0 Å². The number of ketones is 1. The Bertz CT molecular complexity index is 792. The maximum atomic E-state index is 12.3. The van der Waals surface area contributed by atoms with Gasteiger partial charge in [0, 0.05) is 31.7 Å². The smallest absolute Gasteiger partial charge is 0.260 e. The van der Waals surface area contributed by atoms with Crippen LogP contribution in [0.15, 0.2) is 47.3 Å². The van der Waals surface area contributed by atoms with Gasteiger partial charge in [0.15, 0.2) is 12.4 Å². The van der Waals surface area contributed by atoms with Crippen molar-refractivity contribution < 1.29 is 23.5 Å². The lowest BCUT2D eigenvalue weighted by Crippen LogP contribution is -2.51. The first-order valence-corrected chi connectivity index (χ1v) is 8.37. The molecule has 0 N–H and O–H groups in total. The van der Waals surface area contributed by atoms with Gasteiger partial charge in [-0.15, -0.1) is 0 Å². The molecule has 1 fully saturated rings. The van der Waals surface area contributed by atoms with Gasteiger partial charge < -0.3 is 19.0 Å². The first-order chi connectivity index (χ1) is 12.5. The third kappa shape index (κ3) is 4.11. The second kappa shape index (κ2) is 7.86. The minimum Gasteiger partial charge on any atom is -0.484 e. The molecule has 1 aliphatic heterocycles. The van der Waals surface area contributed by atoms with E-state index in [-0.39, 0.29) is 24.2 Å². The molecule has 1 aromatic heterocycles. The number of amides is 2. The second-order valence-corrected chi connectivity index (χ2v) is 6.06. The Labute approximate surface area is 151 Å². The van der Waals surface area contributed by atoms with Gasteiger partial charge in [-0.2, -0.15) is 0 Å². The molecule has 0 atom stereocenters. The Morgan fingerprint density at radius 1 is 1.04 bits per heavy atom. The average molecular weight is 356 g/mol. The van der Waals surface area contributed by atoms with E-state index in [9.17, 15) is 14.4 Å². The molecule has 136 valence electrons. The van der Waals surface area contributed by atoms with Crippen LogP contribution in [0.3, 0.4) is 0 Å². The van der Waals surface area contributed by atoms with Crippen molar-refractivity contribution in [1.82, 2.24) is 9.80 Å². The third-order valence-corrected chi connectivity index (χ3v) is 4.29. The van der Waals surface area contributed by atoms with E-state index in [1.165, 1.54) is 19.5 Å². The summed E-state index contributed by atoms with van der Waals surface area (Å²) in [4.78, 5) is 39.3. The van der Waals surface area contributed by atoms with Crippen LogP contribution in [0.2, 0.25) is 0 Å². The summed E-state index contributed by atoms with van der Waals surface area (Å²) in [6.07, 6.45) is 2.88.